The number of hydrogen-bond acceptors (Lipinski definition) is 3. The van der Waals surface area contributed by atoms with Crippen LogP contribution in [0.1, 0.15) is 25.3 Å². The molecule has 18 heavy (non-hydrogen) atoms. The normalized spacial score (nSPS) is 23.0. The number of aryl methyl sites for hydroxylation is 1. The smallest absolute Gasteiger partial charge is 0.253 e. The van der Waals surface area contributed by atoms with Gasteiger partial charge in [-0.3, -0.25) is 4.79 Å². The van der Waals surface area contributed by atoms with E-state index in [9.17, 15) is 4.79 Å². The van der Waals surface area contributed by atoms with Crippen molar-refractivity contribution in [2.45, 2.75) is 38.4 Å². The van der Waals surface area contributed by atoms with Gasteiger partial charge >= 0.3 is 0 Å². The Kier molecular flexibility index (Phi) is 4.33. The van der Waals surface area contributed by atoms with E-state index in [2.05, 4.69) is 12.2 Å². The van der Waals surface area contributed by atoms with E-state index in [1.165, 1.54) is 0 Å². The molecule has 0 radical (unpaired) electrons. The molecule has 1 aliphatic rings. The molecule has 0 aliphatic carbocycles. The van der Waals surface area contributed by atoms with Gasteiger partial charge in [-0.15, -0.1) is 0 Å². The largest absolute Gasteiger partial charge is 0.364 e. The van der Waals surface area contributed by atoms with Gasteiger partial charge in [-0.2, -0.15) is 0 Å². The number of para-hydroxylation sites is 1. The van der Waals surface area contributed by atoms with Crippen molar-refractivity contribution in [1.29, 1.82) is 0 Å². The van der Waals surface area contributed by atoms with Crippen LogP contribution in [0.2, 0.25) is 0 Å². The zero-order valence-electron chi connectivity index (χ0n) is 10.7. The highest BCUT2D eigenvalue weighted by Gasteiger charge is 2.29. The highest BCUT2D eigenvalue weighted by atomic mass is 16.5. The number of nitrogens with one attached hydrogen (secondary N) is 1. The fraction of sp³-hybridized carbons (Fsp3) is 0.500. The second-order valence-corrected chi connectivity index (χ2v) is 4.56. The van der Waals surface area contributed by atoms with Crippen LogP contribution in [-0.2, 0) is 16.0 Å². The van der Waals surface area contributed by atoms with Crippen LogP contribution in [0.5, 0.6) is 0 Å². The topological polar surface area (TPSA) is 64.4 Å². The molecule has 2 unspecified atom stereocenters. The Balaban J connectivity index is 1.99. The number of anilines is 1. The first-order valence-electron chi connectivity index (χ1n) is 6.49. The second kappa shape index (κ2) is 5.98. The van der Waals surface area contributed by atoms with Crippen LogP contribution in [0.4, 0.5) is 5.69 Å². The average molecular weight is 248 g/mol. The van der Waals surface area contributed by atoms with Crippen molar-refractivity contribution in [3.05, 3.63) is 29.8 Å². The molecule has 1 amide bonds. The van der Waals surface area contributed by atoms with E-state index >= 15 is 0 Å². The summed E-state index contributed by atoms with van der Waals surface area (Å²) in [5, 5.41) is 2.94. The van der Waals surface area contributed by atoms with Crippen molar-refractivity contribution in [3.63, 3.8) is 0 Å². The first-order valence-corrected chi connectivity index (χ1v) is 6.49. The molecule has 1 saturated heterocycles. The Labute approximate surface area is 108 Å². The highest BCUT2D eigenvalue weighted by Crippen LogP contribution is 2.22. The minimum absolute atomic E-state index is 0.0298. The predicted molar refractivity (Wildman–Crippen MR) is 71.4 cm³/mol. The van der Waals surface area contributed by atoms with Crippen molar-refractivity contribution in [3.8, 4) is 0 Å². The summed E-state index contributed by atoms with van der Waals surface area (Å²) >= 11 is 0. The molecule has 98 valence electrons. The van der Waals surface area contributed by atoms with Crippen LogP contribution in [0.15, 0.2) is 24.3 Å². The van der Waals surface area contributed by atoms with Gasteiger partial charge < -0.3 is 15.8 Å². The Bertz CT molecular complexity index is 420. The minimum atomic E-state index is -0.358. The third kappa shape index (κ3) is 2.89. The van der Waals surface area contributed by atoms with Crippen LogP contribution in [0.25, 0.3) is 0 Å². The van der Waals surface area contributed by atoms with Crippen LogP contribution >= 0.6 is 0 Å². The average Bonchev–Trinajstić information content (AvgIpc) is 2.88. The molecule has 0 aromatic heterocycles. The minimum Gasteiger partial charge on any atom is -0.364 e. The van der Waals surface area contributed by atoms with Crippen LogP contribution < -0.4 is 11.1 Å². The number of rotatable bonds is 4. The standard InChI is InChI=1S/C14H20N2O2/c1-2-10-5-3-4-6-12(10)16-14(17)13-8-7-11(9-15)18-13/h3-6,11,13H,2,7-9,15H2,1H3,(H,16,17). The zero-order chi connectivity index (χ0) is 13.0. The van der Waals surface area contributed by atoms with Gasteiger partial charge in [0.15, 0.2) is 0 Å². The molecular formula is C14H20N2O2. The maximum absolute atomic E-state index is 12.1. The van der Waals surface area contributed by atoms with E-state index in [-0.39, 0.29) is 18.1 Å². The van der Waals surface area contributed by atoms with Gasteiger partial charge in [0.05, 0.1) is 6.10 Å². The second-order valence-electron chi connectivity index (χ2n) is 4.56. The zero-order valence-corrected chi connectivity index (χ0v) is 10.7. The van der Waals surface area contributed by atoms with Crippen molar-refractivity contribution >= 4 is 11.6 Å². The number of ether oxygens (including phenoxy) is 1. The number of nitrogens with two attached hydrogens (primary N) is 1. The fourth-order valence-electron chi connectivity index (χ4n) is 2.24. The van der Waals surface area contributed by atoms with E-state index in [0.717, 1.165) is 30.5 Å². The van der Waals surface area contributed by atoms with Crippen molar-refractivity contribution in [2.75, 3.05) is 11.9 Å². The summed E-state index contributed by atoms with van der Waals surface area (Å²) in [6.45, 7) is 2.55. The summed E-state index contributed by atoms with van der Waals surface area (Å²) in [4.78, 5) is 12.1. The van der Waals surface area contributed by atoms with Gasteiger partial charge in [0, 0.05) is 12.2 Å². The first kappa shape index (κ1) is 13.1. The number of carbonyl (C=O) groups is 1. The molecule has 0 saturated carbocycles. The predicted octanol–water partition coefficient (Wildman–Crippen LogP) is 1.69. The van der Waals surface area contributed by atoms with E-state index in [4.69, 9.17) is 10.5 Å². The van der Waals surface area contributed by atoms with Gasteiger partial charge in [-0.1, -0.05) is 25.1 Å². The lowest BCUT2D eigenvalue weighted by molar-refractivity contribution is -0.126. The molecule has 4 heteroatoms. The number of carbonyl (C=O) groups excluding carboxylic acids is 1. The molecule has 0 bridgehead atoms. The third-order valence-electron chi connectivity index (χ3n) is 3.32. The molecule has 1 aromatic rings. The lowest BCUT2D eigenvalue weighted by atomic mass is 10.1. The van der Waals surface area contributed by atoms with Crippen LogP contribution in [0.3, 0.4) is 0 Å². The van der Waals surface area contributed by atoms with E-state index in [1.54, 1.807) is 0 Å². The summed E-state index contributed by atoms with van der Waals surface area (Å²) in [6.07, 6.45) is 2.19. The molecule has 1 fully saturated rings. The lowest BCUT2D eigenvalue weighted by Crippen LogP contribution is -2.30. The lowest BCUT2D eigenvalue weighted by Gasteiger charge is -2.14. The molecule has 1 aromatic carbocycles. The number of amides is 1. The van der Waals surface area contributed by atoms with Gasteiger partial charge in [-0.25, -0.2) is 0 Å². The molecule has 2 atom stereocenters. The molecule has 1 heterocycles. The first-order chi connectivity index (χ1) is 8.74. The summed E-state index contributed by atoms with van der Waals surface area (Å²) in [5.41, 5.74) is 7.56. The van der Waals surface area contributed by atoms with Gasteiger partial charge in [-0.05, 0) is 30.9 Å². The summed E-state index contributed by atoms with van der Waals surface area (Å²) in [7, 11) is 0. The van der Waals surface area contributed by atoms with Gasteiger partial charge in [0.25, 0.3) is 5.91 Å². The highest BCUT2D eigenvalue weighted by molar-refractivity contribution is 5.95. The van der Waals surface area contributed by atoms with E-state index in [0.29, 0.717) is 6.54 Å². The molecule has 4 nitrogen and oxygen atoms in total. The van der Waals surface area contributed by atoms with Crippen LogP contribution in [-0.4, -0.2) is 24.7 Å². The number of hydrogen-bond donors (Lipinski definition) is 2. The van der Waals surface area contributed by atoms with Crippen molar-refractivity contribution < 1.29 is 9.53 Å². The van der Waals surface area contributed by atoms with Gasteiger partial charge in [0.1, 0.15) is 6.10 Å². The van der Waals surface area contributed by atoms with Gasteiger partial charge in [0.2, 0.25) is 0 Å². The Morgan fingerprint density at radius 1 is 1.44 bits per heavy atom. The molecular weight excluding hydrogens is 228 g/mol. The summed E-state index contributed by atoms with van der Waals surface area (Å²) in [5.74, 6) is -0.0631. The van der Waals surface area contributed by atoms with Crippen LogP contribution in [0, 0.1) is 0 Å². The quantitative estimate of drug-likeness (QED) is 0.852. The fourth-order valence-corrected chi connectivity index (χ4v) is 2.24. The van der Waals surface area contributed by atoms with Crippen molar-refractivity contribution in [1.82, 2.24) is 0 Å². The monoisotopic (exact) mass is 248 g/mol. The molecule has 1 aliphatic heterocycles. The molecule has 3 N–H and O–H groups in total. The Morgan fingerprint density at radius 3 is 2.89 bits per heavy atom. The van der Waals surface area contributed by atoms with E-state index < -0.39 is 0 Å². The molecule has 0 spiro atoms. The number of benzene rings is 1. The van der Waals surface area contributed by atoms with E-state index in [1.807, 2.05) is 24.3 Å². The SMILES string of the molecule is CCc1ccccc1NC(=O)C1CCC(CN)O1. The summed E-state index contributed by atoms with van der Waals surface area (Å²) < 4.78 is 5.58. The molecule has 2 rings (SSSR count). The Morgan fingerprint density at radius 2 is 2.22 bits per heavy atom. The third-order valence-corrected chi connectivity index (χ3v) is 3.32. The maximum Gasteiger partial charge on any atom is 0.253 e. The Hall–Kier alpha value is -1.39. The summed E-state index contributed by atoms with van der Waals surface area (Å²) in [6, 6.07) is 7.85. The van der Waals surface area contributed by atoms with Crippen molar-refractivity contribution in [2.24, 2.45) is 5.73 Å². The maximum atomic E-state index is 12.1.